The van der Waals surface area contributed by atoms with E-state index in [-0.39, 0.29) is 0 Å². The minimum Gasteiger partial charge on any atom is -0.390 e. The summed E-state index contributed by atoms with van der Waals surface area (Å²) in [5, 5.41) is 27.6. The van der Waals surface area contributed by atoms with Crippen LogP contribution in [0.3, 0.4) is 0 Å². The Morgan fingerprint density at radius 3 is 1.50 bits per heavy atom. The predicted octanol–water partition coefficient (Wildman–Crippen LogP) is 8.72. The number of nitrogens with one attached hydrogen (secondary N) is 2. The molecule has 0 saturated carbocycles. The van der Waals surface area contributed by atoms with E-state index in [9.17, 15) is 10.2 Å². The monoisotopic (exact) mass is 585 g/mol. The van der Waals surface area contributed by atoms with Gasteiger partial charge in [0.05, 0.1) is 11.2 Å². The van der Waals surface area contributed by atoms with Gasteiger partial charge in [0, 0.05) is 12.1 Å². The summed E-state index contributed by atoms with van der Waals surface area (Å²) in [5.41, 5.74) is 4.50. The average Bonchev–Trinajstić information content (AvgIpc) is 2.85. The predicted molar refractivity (Wildman–Crippen MR) is 184 cm³/mol. The summed E-state index contributed by atoms with van der Waals surface area (Å²) in [6, 6.07) is 9.54. The van der Waals surface area contributed by atoms with Crippen molar-refractivity contribution in [2.75, 3.05) is 13.1 Å². The van der Waals surface area contributed by atoms with E-state index >= 15 is 0 Å². The van der Waals surface area contributed by atoms with Crippen molar-refractivity contribution in [1.29, 1.82) is 0 Å². The minimum absolute atomic E-state index is 0.351. The van der Waals surface area contributed by atoms with Crippen molar-refractivity contribution >= 4 is 0 Å². The largest absolute Gasteiger partial charge is 0.390 e. The highest BCUT2D eigenvalue weighted by molar-refractivity contribution is 5.25. The van der Waals surface area contributed by atoms with Crippen molar-refractivity contribution in [2.45, 2.75) is 151 Å². The fraction of sp³-hybridized carbons (Fsp3) is 0.737. The van der Waals surface area contributed by atoms with Gasteiger partial charge < -0.3 is 20.8 Å². The third-order valence-electron chi connectivity index (χ3n) is 8.07. The molecule has 4 nitrogen and oxygen atoms in total. The summed E-state index contributed by atoms with van der Waals surface area (Å²) in [6.45, 7) is 27.5. The highest BCUT2D eigenvalue weighted by atomic mass is 16.3. The lowest BCUT2D eigenvalue weighted by Crippen LogP contribution is -2.39. The van der Waals surface area contributed by atoms with Crippen LogP contribution in [0.5, 0.6) is 0 Å². The van der Waals surface area contributed by atoms with Crippen LogP contribution < -0.4 is 10.6 Å². The van der Waals surface area contributed by atoms with Crippen LogP contribution in [0.4, 0.5) is 0 Å². The first-order valence-electron chi connectivity index (χ1n) is 16.7. The van der Waals surface area contributed by atoms with E-state index < -0.39 is 11.2 Å². The lowest BCUT2D eigenvalue weighted by Gasteiger charge is -2.30. The Bertz CT molecular complexity index is 931. The maximum absolute atomic E-state index is 10.1. The molecule has 1 aliphatic rings. The van der Waals surface area contributed by atoms with E-state index in [1.807, 2.05) is 27.7 Å². The Morgan fingerprint density at radius 1 is 0.667 bits per heavy atom. The summed E-state index contributed by atoms with van der Waals surface area (Å²) >= 11 is 0. The molecule has 4 N–H and O–H groups in total. The maximum Gasteiger partial charge on any atom is 0.0606 e. The van der Waals surface area contributed by atoms with Gasteiger partial charge in [-0.05, 0) is 122 Å². The third-order valence-corrected chi connectivity index (χ3v) is 8.07. The number of benzene rings is 1. The van der Waals surface area contributed by atoms with Crippen LogP contribution in [0, 0.1) is 24.7 Å². The quantitative estimate of drug-likeness (QED) is 0.157. The second-order valence-electron chi connectivity index (χ2n) is 15.5. The zero-order chi connectivity index (χ0) is 32.1. The van der Waals surface area contributed by atoms with Gasteiger partial charge in [-0.15, -0.1) is 0 Å². The summed E-state index contributed by atoms with van der Waals surface area (Å²) in [5.74, 6) is 2.35. The number of aryl methyl sites for hydroxylation is 1. The maximum atomic E-state index is 10.1. The SMILES string of the molecule is CC1=CC=C(C(C)CC(CC(C)(C)O)NCC(C)C)CC1.Cc1ccc([C@@H](C)CC(CC(C)(C)O)NCC(C)C)cc1. The summed E-state index contributed by atoms with van der Waals surface area (Å²) in [6.07, 6.45) is 10.7. The van der Waals surface area contributed by atoms with Gasteiger partial charge in [0.15, 0.2) is 0 Å². The summed E-state index contributed by atoms with van der Waals surface area (Å²) in [7, 11) is 0. The van der Waals surface area contributed by atoms with E-state index in [0.29, 0.717) is 35.8 Å². The van der Waals surface area contributed by atoms with Gasteiger partial charge in [-0.3, -0.25) is 0 Å². The number of aliphatic hydroxyl groups is 2. The normalized spacial score (nSPS) is 17.2. The molecule has 4 atom stereocenters. The first kappa shape index (κ1) is 38.6. The second-order valence-corrected chi connectivity index (χ2v) is 15.5. The van der Waals surface area contributed by atoms with E-state index in [2.05, 4.69) is 102 Å². The van der Waals surface area contributed by atoms with E-state index in [0.717, 1.165) is 38.8 Å². The Labute approximate surface area is 260 Å². The van der Waals surface area contributed by atoms with Crippen LogP contribution in [0.15, 0.2) is 47.6 Å². The highest BCUT2D eigenvalue weighted by Crippen LogP contribution is 2.29. The van der Waals surface area contributed by atoms with Gasteiger partial charge in [0.2, 0.25) is 0 Å². The van der Waals surface area contributed by atoms with Crippen molar-refractivity contribution < 1.29 is 10.2 Å². The van der Waals surface area contributed by atoms with E-state index in [1.165, 1.54) is 29.5 Å². The molecular weight excluding hydrogens is 516 g/mol. The number of hydrogen-bond donors (Lipinski definition) is 4. The Balaban J connectivity index is 0.000000420. The highest BCUT2D eigenvalue weighted by Gasteiger charge is 2.24. The average molecular weight is 585 g/mol. The van der Waals surface area contributed by atoms with Crippen molar-refractivity contribution in [3.8, 4) is 0 Å². The zero-order valence-corrected chi connectivity index (χ0v) is 29.5. The van der Waals surface area contributed by atoms with E-state index in [1.54, 1.807) is 5.57 Å². The molecule has 3 unspecified atom stereocenters. The Hall–Kier alpha value is -1.46. The van der Waals surface area contributed by atoms with Crippen LogP contribution in [0.25, 0.3) is 0 Å². The smallest absolute Gasteiger partial charge is 0.0606 e. The molecule has 0 aliphatic heterocycles. The van der Waals surface area contributed by atoms with Crippen molar-refractivity contribution in [3.05, 3.63) is 58.7 Å². The Morgan fingerprint density at radius 2 is 1.12 bits per heavy atom. The molecule has 1 aliphatic carbocycles. The molecule has 242 valence electrons. The number of rotatable bonds is 16. The molecule has 4 heteroatoms. The van der Waals surface area contributed by atoms with E-state index in [4.69, 9.17) is 0 Å². The van der Waals surface area contributed by atoms with Crippen molar-refractivity contribution in [1.82, 2.24) is 10.6 Å². The zero-order valence-electron chi connectivity index (χ0n) is 29.5. The van der Waals surface area contributed by atoms with Gasteiger partial charge in [-0.1, -0.05) is 94.7 Å². The minimum atomic E-state index is -0.623. The van der Waals surface area contributed by atoms with Gasteiger partial charge in [-0.2, -0.15) is 0 Å². The topological polar surface area (TPSA) is 64.5 Å². The van der Waals surface area contributed by atoms with Crippen LogP contribution >= 0.6 is 0 Å². The molecule has 0 amide bonds. The van der Waals surface area contributed by atoms with Crippen LogP contribution in [-0.2, 0) is 0 Å². The lowest BCUT2D eigenvalue weighted by molar-refractivity contribution is 0.0557. The molecule has 0 radical (unpaired) electrons. The fourth-order valence-corrected chi connectivity index (χ4v) is 5.69. The molecule has 0 fully saturated rings. The van der Waals surface area contributed by atoms with Crippen molar-refractivity contribution in [3.63, 3.8) is 0 Å². The van der Waals surface area contributed by atoms with Crippen LogP contribution in [0.1, 0.15) is 132 Å². The van der Waals surface area contributed by atoms with Gasteiger partial charge in [-0.25, -0.2) is 0 Å². The fourth-order valence-electron chi connectivity index (χ4n) is 5.69. The Kier molecular flexibility index (Phi) is 16.9. The number of allylic oxidation sites excluding steroid dienone is 4. The first-order chi connectivity index (χ1) is 19.3. The molecule has 0 spiro atoms. The molecule has 0 heterocycles. The molecular formula is C38H68N2O2. The van der Waals surface area contributed by atoms with Crippen molar-refractivity contribution in [2.24, 2.45) is 17.8 Å². The van der Waals surface area contributed by atoms with Gasteiger partial charge in [0.1, 0.15) is 0 Å². The molecule has 42 heavy (non-hydrogen) atoms. The van der Waals surface area contributed by atoms with Crippen LogP contribution in [0.2, 0.25) is 0 Å². The molecule has 2 rings (SSSR count). The molecule has 1 aromatic rings. The lowest BCUT2D eigenvalue weighted by atomic mass is 9.84. The standard InChI is InChI=1S/C19H35NO.C19H33NO/c2*1-14(2)13-20-18(12-19(5,6)21)11-16(4)17-9-7-15(3)8-10-17/h7,9,14,16,18,20-21H,8,10-13H2,1-6H3;7-10,14,16,18,20-21H,11-13H2,1-6H3/t;16-,18?/m.0/s1. The van der Waals surface area contributed by atoms with Crippen LogP contribution in [-0.4, -0.2) is 46.6 Å². The second kappa shape index (κ2) is 18.4. The third kappa shape index (κ3) is 18.3. The molecule has 0 aromatic heterocycles. The van der Waals surface area contributed by atoms with Gasteiger partial charge in [0.25, 0.3) is 0 Å². The summed E-state index contributed by atoms with van der Waals surface area (Å²) in [4.78, 5) is 0. The molecule has 0 saturated heterocycles. The summed E-state index contributed by atoms with van der Waals surface area (Å²) < 4.78 is 0. The molecule has 1 aromatic carbocycles. The first-order valence-corrected chi connectivity index (χ1v) is 16.7. The molecule has 0 bridgehead atoms. The number of hydrogen-bond acceptors (Lipinski definition) is 4. The van der Waals surface area contributed by atoms with Gasteiger partial charge >= 0.3 is 0 Å².